The number of nitrogens with zero attached hydrogens (tertiary/aromatic N) is 4. The van der Waals surface area contributed by atoms with Crippen molar-refractivity contribution in [2.75, 3.05) is 0 Å². The van der Waals surface area contributed by atoms with E-state index in [2.05, 4.69) is 72.2 Å². The van der Waals surface area contributed by atoms with Gasteiger partial charge in [0.15, 0.2) is 29.1 Å². The molecule has 248 valence electrons. The molecule has 0 aliphatic heterocycles. The van der Waals surface area contributed by atoms with Gasteiger partial charge in [0.05, 0.1) is 16.7 Å². The number of rotatable bonds is 6. The summed E-state index contributed by atoms with van der Waals surface area (Å²) in [6.45, 7) is 2.12. The number of fused-ring (bicyclic) bond motifs is 3. The fourth-order valence-electron chi connectivity index (χ4n) is 6.99. The summed E-state index contributed by atoms with van der Waals surface area (Å²) in [4.78, 5) is 15.1. The number of aromatic nitrogens is 4. The number of para-hydroxylation sites is 1. The van der Waals surface area contributed by atoms with Crippen LogP contribution in [-0.4, -0.2) is 19.5 Å². The lowest BCUT2D eigenvalue weighted by molar-refractivity contribution is 0.509. The Morgan fingerprint density at radius 2 is 0.981 bits per heavy atom. The normalized spacial score (nSPS) is 11.4. The molecule has 0 radical (unpaired) electrons. The summed E-state index contributed by atoms with van der Waals surface area (Å²) in [6, 6.07) is 52.9. The maximum atomic E-state index is 14.6. The van der Waals surface area contributed by atoms with E-state index in [0.29, 0.717) is 34.2 Å². The maximum Gasteiger partial charge on any atom is 0.166 e. The van der Waals surface area contributed by atoms with Crippen LogP contribution >= 0.6 is 0 Å². The first kappa shape index (κ1) is 31.2. The van der Waals surface area contributed by atoms with Crippen LogP contribution < -0.4 is 0 Å². The molecule has 4 nitrogen and oxygen atoms in total. The lowest BCUT2D eigenvalue weighted by atomic mass is 9.99. The molecule has 0 spiro atoms. The van der Waals surface area contributed by atoms with E-state index in [4.69, 9.17) is 15.0 Å². The van der Waals surface area contributed by atoms with Crippen LogP contribution in [0.15, 0.2) is 164 Å². The quantitative estimate of drug-likeness (QED) is 0.176. The molecule has 0 atom stereocenters. The molecule has 0 N–H and O–H groups in total. The van der Waals surface area contributed by atoms with E-state index in [1.807, 2.05) is 84.9 Å². The zero-order chi connectivity index (χ0) is 35.2. The van der Waals surface area contributed by atoms with Gasteiger partial charge in [0.1, 0.15) is 0 Å². The van der Waals surface area contributed by atoms with Gasteiger partial charge in [-0.3, -0.25) is 0 Å². The van der Waals surface area contributed by atoms with Gasteiger partial charge in [0.2, 0.25) is 0 Å². The van der Waals surface area contributed by atoms with Gasteiger partial charge < -0.3 is 4.57 Å². The number of hydrogen-bond donors (Lipinski definition) is 0. The smallest absolute Gasteiger partial charge is 0.166 e. The van der Waals surface area contributed by atoms with Gasteiger partial charge in [-0.25, -0.2) is 23.7 Å². The Hall–Kier alpha value is -6.79. The first-order valence-corrected chi connectivity index (χ1v) is 17.1. The minimum atomic E-state index is -0.910. The van der Waals surface area contributed by atoms with E-state index >= 15 is 0 Å². The largest absolute Gasteiger partial charge is 0.308 e. The molecule has 2 heterocycles. The third kappa shape index (κ3) is 5.51. The summed E-state index contributed by atoms with van der Waals surface area (Å²) in [6.07, 6.45) is 0. The van der Waals surface area contributed by atoms with Crippen molar-refractivity contribution in [2.24, 2.45) is 0 Å². The fourth-order valence-corrected chi connectivity index (χ4v) is 6.99. The van der Waals surface area contributed by atoms with Gasteiger partial charge in [-0.2, -0.15) is 0 Å². The topological polar surface area (TPSA) is 43.6 Å². The summed E-state index contributed by atoms with van der Waals surface area (Å²) >= 11 is 0. The van der Waals surface area contributed by atoms with Crippen LogP contribution in [0.3, 0.4) is 0 Å². The molecule has 0 saturated carbocycles. The zero-order valence-corrected chi connectivity index (χ0v) is 28.1. The van der Waals surface area contributed by atoms with Gasteiger partial charge >= 0.3 is 0 Å². The Morgan fingerprint density at radius 3 is 1.69 bits per heavy atom. The van der Waals surface area contributed by atoms with Gasteiger partial charge in [0, 0.05) is 27.5 Å². The predicted octanol–water partition coefficient (Wildman–Crippen LogP) is 11.9. The fraction of sp³-hybridized carbons (Fsp3) is 0.0217. The molecule has 0 aliphatic carbocycles. The molecule has 0 fully saturated rings. The minimum Gasteiger partial charge on any atom is -0.308 e. The first-order valence-electron chi connectivity index (χ1n) is 17.1. The monoisotopic (exact) mass is 676 g/mol. The lowest BCUT2D eigenvalue weighted by Crippen LogP contribution is -2.04. The van der Waals surface area contributed by atoms with E-state index in [9.17, 15) is 8.78 Å². The second kappa shape index (κ2) is 12.8. The number of aryl methyl sites for hydroxylation is 1. The highest BCUT2D eigenvalue weighted by atomic mass is 19.2. The Balaban J connectivity index is 1.37. The summed E-state index contributed by atoms with van der Waals surface area (Å²) in [5.74, 6) is -0.302. The van der Waals surface area contributed by atoms with Crippen molar-refractivity contribution in [2.45, 2.75) is 6.92 Å². The van der Waals surface area contributed by atoms with Crippen LogP contribution in [0, 0.1) is 18.6 Å². The first-order chi connectivity index (χ1) is 25.5. The number of benzene rings is 7. The highest BCUT2D eigenvalue weighted by molar-refractivity contribution is 6.10. The van der Waals surface area contributed by atoms with Crippen LogP contribution in [0.1, 0.15) is 5.56 Å². The molecule has 0 bridgehead atoms. The van der Waals surface area contributed by atoms with E-state index in [1.165, 1.54) is 11.6 Å². The van der Waals surface area contributed by atoms with Crippen LogP contribution in [0.25, 0.3) is 83.9 Å². The second-order valence-electron chi connectivity index (χ2n) is 12.8. The van der Waals surface area contributed by atoms with Crippen molar-refractivity contribution in [3.63, 3.8) is 0 Å². The van der Waals surface area contributed by atoms with Crippen molar-refractivity contribution in [1.29, 1.82) is 0 Å². The van der Waals surface area contributed by atoms with Crippen LogP contribution in [0.4, 0.5) is 8.78 Å². The summed E-state index contributed by atoms with van der Waals surface area (Å²) in [5, 5.41) is 2.21. The zero-order valence-electron chi connectivity index (χ0n) is 28.1. The summed E-state index contributed by atoms with van der Waals surface area (Å²) in [5.41, 5.74) is 9.97. The molecule has 6 heteroatoms. The third-order valence-corrected chi connectivity index (χ3v) is 9.56. The van der Waals surface area contributed by atoms with Crippen molar-refractivity contribution in [3.8, 4) is 62.1 Å². The lowest BCUT2D eigenvalue weighted by Gasteiger charge is -2.17. The molecule has 0 saturated heterocycles. The molecule has 0 unspecified atom stereocenters. The SMILES string of the molecule is Cc1ccccc1-c1ccc2c3ccccc3n(-c3ccc(-c4ccc(F)c(F)c4)cc3-c3nc(-c4ccccc4)nc(-c4ccccc4)n3)c2c1. The molecular weight excluding hydrogens is 647 g/mol. The van der Waals surface area contributed by atoms with Crippen molar-refractivity contribution in [1.82, 2.24) is 19.5 Å². The molecule has 0 aliphatic rings. The Labute approximate surface area is 299 Å². The Morgan fingerprint density at radius 1 is 0.404 bits per heavy atom. The van der Waals surface area contributed by atoms with Gasteiger partial charge in [-0.15, -0.1) is 0 Å². The predicted molar refractivity (Wildman–Crippen MR) is 206 cm³/mol. The van der Waals surface area contributed by atoms with Crippen LogP contribution in [0.2, 0.25) is 0 Å². The Bertz CT molecular complexity index is 2720. The molecule has 2 aromatic heterocycles. The Kier molecular flexibility index (Phi) is 7.70. The summed E-state index contributed by atoms with van der Waals surface area (Å²) in [7, 11) is 0. The van der Waals surface area contributed by atoms with Crippen molar-refractivity contribution >= 4 is 21.8 Å². The maximum absolute atomic E-state index is 14.6. The highest BCUT2D eigenvalue weighted by Crippen LogP contribution is 2.40. The molecule has 9 aromatic rings. The third-order valence-electron chi connectivity index (χ3n) is 9.56. The number of halogens is 2. The minimum absolute atomic E-state index is 0.452. The highest BCUT2D eigenvalue weighted by Gasteiger charge is 2.21. The molecule has 0 amide bonds. The standard InChI is InChI=1S/C46H30F2N4/c1-29-12-8-9-17-35(29)34-20-23-37-36-18-10-11-19-41(36)52(43(37)28-34)42-25-22-32(33-21-24-39(47)40(48)27-33)26-38(42)46-50-44(30-13-4-2-5-14-30)49-45(51-46)31-15-6-3-7-16-31/h2-28H,1H3. The van der Waals surface area contributed by atoms with E-state index in [0.717, 1.165) is 55.8 Å². The summed E-state index contributed by atoms with van der Waals surface area (Å²) < 4.78 is 31.0. The van der Waals surface area contributed by atoms with E-state index in [-0.39, 0.29) is 0 Å². The second-order valence-corrected chi connectivity index (χ2v) is 12.8. The van der Waals surface area contributed by atoms with Gasteiger partial charge in [-0.1, -0.05) is 127 Å². The van der Waals surface area contributed by atoms with Crippen LogP contribution in [0.5, 0.6) is 0 Å². The van der Waals surface area contributed by atoms with Crippen molar-refractivity contribution < 1.29 is 8.78 Å². The van der Waals surface area contributed by atoms with Gasteiger partial charge in [0.25, 0.3) is 0 Å². The van der Waals surface area contributed by atoms with Gasteiger partial charge in [-0.05, 0) is 71.1 Å². The average molecular weight is 677 g/mol. The average Bonchev–Trinajstić information content (AvgIpc) is 3.53. The molecular formula is C46H30F2N4. The molecule has 9 rings (SSSR count). The molecule has 7 aromatic carbocycles. The number of hydrogen-bond acceptors (Lipinski definition) is 3. The van der Waals surface area contributed by atoms with E-state index < -0.39 is 11.6 Å². The molecule has 52 heavy (non-hydrogen) atoms. The van der Waals surface area contributed by atoms with Crippen LogP contribution in [-0.2, 0) is 0 Å². The van der Waals surface area contributed by atoms with Crippen molar-refractivity contribution in [3.05, 3.63) is 181 Å². The van der Waals surface area contributed by atoms with E-state index in [1.54, 1.807) is 6.07 Å².